The maximum atomic E-state index is 4.16. The van der Waals surface area contributed by atoms with E-state index in [0.29, 0.717) is 0 Å². The highest BCUT2D eigenvalue weighted by molar-refractivity contribution is 7.16. The first kappa shape index (κ1) is 7.43. The van der Waals surface area contributed by atoms with Crippen molar-refractivity contribution in [2.45, 2.75) is 6.42 Å². The van der Waals surface area contributed by atoms with Gasteiger partial charge < -0.3 is 0 Å². The highest BCUT2D eigenvalue weighted by atomic mass is 32.1. The fourth-order valence-corrected chi connectivity index (χ4v) is 2.03. The first-order chi connectivity index (χ1) is 5.92. The van der Waals surface area contributed by atoms with E-state index >= 15 is 0 Å². The van der Waals surface area contributed by atoms with Gasteiger partial charge >= 0.3 is 0 Å². The van der Waals surface area contributed by atoms with Gasteiger partial charge in [-0.3, -0.25) is 0 Å². The van der Waals surface area contributed by atoms with Crippen LogP contribution in [-0.4, -0.2) is 9.97 Å². The second-order valence-corrected chi connectivity index (χ2v) is 3.35. The van der Waals surface area contributed by atoms with Crippen LogP contribution < -0.4 is 0 Å². The summed E-state index contributed by atoms with van der Waals surface area (Å²) in [6.07, 6.45) is 6.23. The largest absolute Gasteiger partial charge is 0.244 e. The van der Waals surface area contributed by atoms with Crippen LogP contribution in [0.25, 0.3) is 10.2 Å². The van der Waals surface area contributed by atoms with Crippen LogP contribution in [0.4, 0.5) is 0 Å². The molecule has 12 heavy (non-hydrogen) atoms. The van der Waals surface area contributed by atoms with Gasteiger partial charge in [0.25, 0.3) is 0 Å². The van der Waals surface area contributed by atoms with Crippen molar-refractivity contribution in [2.24, 2.45) is 0 Å². The van der Waals surface area contributed by atoms with Crippen LogP contribution in [-0.2, 0) is 6.42 Å². The predicted molar refractivity (Wildman–Crippen MR) is 51.3 cm³/mol. The minimum Gasteiger partial charge on any atom is -0.244 e. The summed E-state index contributed by atoms with van der Waals surface area (Å²) in [5.74, 6) is 0. The lowest BCUT2D eigenvalue weighted by Crippen LogP contribution is -1.79. The molecule has 0 unspecified atom stereocenters. The third-order valence-electron chi connectivity index (χ3n) is 1.70. The van der Waals surface area contributed by atoms with E-state index in [-0.39, 0.29) is 0 Å². The molecule has 0 aliphatic carbocycles. The number of fused-ring (bicyclic) bond motifs is 1. The van der Waals surface area contributed by atoms with Crippen molar-refractivity contribution in [3.8, 4) is 0 Å². The molecule has 0 aliphatic rings. The van der Waals surface area contributed by atoms with E-state index in [0.717, 1.165) is 16.6 Å². The Balaban J connectivity index is 2.62. The Hall–Kier alpha value is -1.22. The van der Waals surface area contributed by atoms with Crippen LogP contribution in [0.3, 0.4) is 0 Å². The Labute approximate surface area is 74.6 Å². The lowest BCUT2D eigenvalue weighted by molar-refractivity contribution is 1.22. The van der Waals surface area contributed by atoms with E-state index in [1.165, 1.54) is 5.56 Å². The number of allylic oxidation sites excluding steroid dienone is 1. The Kier molecular flexibility index (Phi) is 1.87. The van der Waals surface area contributed by atoms with E-state index in [2.05, 4.69) is 21.9 Å². The Morgan fingerprint density at radius 2 is 2.50 bits per heavy atom. The number of hydrogen-bond acceptors (Lipinski definition) is 3. The molecule has 60 valence electrons. The number of nitrogens with zero attached hydrogens (tertiary/aromatic N) is 2. The van der Waals surface area contributed by atoms with Gasteiger partial charge in [-0.25, -0.2) is 9.97 Å². The van der Waals surface area contributed by atoms with Crippen LogP contribution in [0.2, 0.25) is 0 Å². The summed E-state index contributed by atoms with van der Waals surface area (Å²) in [6, 6.07) is 0. The molecule has 0 bridgehead atoms. The SMILES string of the molecule is C=CCc1csc2ncncc12. The minimum absolute atomic E-state index is 0.896. The first-order valence-corrected chi connectivity index (χ1v) is 4.57. The molecular formula is C9H8N2S. The van der Waals surface area contributed by atoms with Crippen molar-refractivity contribution in [2.75, 3.05) is 0 Å². The lowest BCUT2D eigenvalue weighted by Gasteiger charge is -1.90. The molecule has 0 fully saturated rings. The molecular weight excluding hydrogens is 168 g/mol. The van der Waals surface area contributed by atoms with E-state index in [4.69, 9.17) is 0 Å². The Morgan fingerprint density at radius 3 is 3.33 bits per heavy atom. The van der Waals surface area contributed by atoms with Gasteiger partial charge in [-0.1, -0.05) is 6.08 Å². The second-order valence-electron chi connectivity index (χ2n) is 2.50. The molecule has 0 atom stereocenters. The molecule has 0 radical (unpaired) electrons. The summed E-state index contributed by atoms with van der Waals surface area (Å²) in [5.41, 5.74) is 1.27. The fraction of sp³-hybridized carbons (Fsp3) is 0.111. The lowest BCUT2D eigenvalue weighted by atomic mass is 10.2. The summed E-state index contributed by atoms with van der Waals surface area (Å²) < 4.78 is 0. The molecule has 2 heterocycles. The summed E-state index contributed by atoms with van der Waals surface area (Å²) in [7, 11) is 0. The van der Waals surface area contributed by atoms with Gasteiger partial charge in [-0.05, 0) is 17.4 Å². The monoisotopic (exact) mass is 176 g/mol. The molecule has 0 N–H and O–H groups in total. The number of aromatic nitrogens is 2. The normalized spacial score (nSPS) is 10.3. The second kappa shape index (κ2) is 3.03. The summed E-state index contributed by atoms with van der Waals surface area (Å²) >= 11 is 1.65. The third-order valence-corrected chi connectivity index (χ3v) is 2.65. The highest BCUT2D eigenvalue weighted by Gasteiger charge is 2.01. The molecule has 2 rings (SSSR count). The maximum absolute atomic E-state index is 4.16. The fourth-order valence-electron chi connectivity index (χ4n) is 1.14. The summed E-state index contributed by atoms with van der Waals surface area (Å²) in [5, 5.41) is 3.27. The molecule has 0 aromatic carbocycles. The standard InChI is InChI=1S/C9H8N2S/c1-2-3-7-5-12-9-8(7)4-10-6-11-9/h2,4-6H,1,3H2. The van der Waals surface area contributed by atoms with E-state index in [1.54, 1.807) is 17.7 Å². The molecule has 2 nitrogen and oxygen atoms in total. The smallest absolute Gasteiger partial charge is 0.126 e. The van der Waals surface area contributed by atoms with Crippen molar-refractivity contribution in [3.05, 3.63) is 36.1 Å². The summed E-state index contributed by atoms with van der Waals surface area (Å²) in [4.78, 5) is 9.20. The van der Waals surface area contributed by atoms with Gasteiger partial charge in [0, 0.05) is 11.6 Å². The molecule has 0 aliphatic heterocycles. The first-order valence-electron chi connectivity index (χ1n) is 3.69. The molecule has 3 heteroatoms. The van der Waals surface area contributed by atoms with Gasteiger partial charge in [-0.2, -0.15) is 0 Å². The quantitative estimate of drug-likeness (QED) is 0.657. The van der Waals surface area contributed by atoms with Gasteiger partial charge in [-0.15, -0.1) is 17.9 Å². The highest BCUT2D eigenvalue weighted by Crippen LogP contribution is 2.22. The zero-order valence-corrected chi connectivity index (χ0v) is 7.34. The topological polar surface area (TPSA) is 25.8 Å². The number of thiophene rings is 1. The average molecular weight is 176 g/mol. The van der Waals surface area contributed by atoms with Crippen LogP contribution >= 0.6 is 11.3 Å². The Morgan fingerprint density at radius 1 is 1.58 bits per heavy atom. The van der Waals surface area contributed by atoms with Crippen LogP contribution in [0.5, 0.6) is 0 Å². The van der Waals surface area contributed by atoms with E-state index in [9.17, 15) is 0 Å². The van der Waals surface area contributed by atoms with Crippen LogP contribution in [0, 0.1) is 0 Å². The van der Waals surface area contributed by atoms with Gasteiger partial charge in [0.15, 0.2) is 0 Å². The van der Waals surface area contributed by atoms with Crippen LogP contribution in [0.1, 0.15) is 5.56 Å². The minimum atomic E-state index is 0.896. The van der Waals surface area contributed by atoms with Gasteiger partial charge in [0.2, 0.25) is 0 Å². The third kappa shape index (κ3) is 1.12. The van der Waals surface area contributed by atoms with Crippen molar-refractivity contribution in [3.63, 3.8) is 0 Å². The number of rotatable bonds is 2. The van der Waals surface area contributed by atoms with E-state index < -0.39 is 0 Å². The van der Waals surface area contributed by atoms with Crippen molar-refractivity contribution < 1.29 is 0 Å². The molecule has 0 saturated carbocycles. The molecule has 0 spiro atoms. The number of hydrogen-bond donors (Lipinski definition) is 0. The van der Waals surface area contributed by atoms with Crippen molar-refractivity contribution in [1.29, 1.82) is 0 Å². The molecule has 0 amide bonds. The average Bonchev–Trinajstić information content (AvgIpc) is 2.50. The predicted octanol–water partition coefficient (Wildman–Crippen LogP) is 2.42. The van der Waals surface area contributed by atoms with Crippen molar-refractivity contribution >= 4 is 21.6 Å². The molecule has 2 aromatic heterocycles. The van der Waals surface area contributed by atoms with Gasteiger partial charge in [0.1, 0.15) is 11.2 Å². The zero-order valence-electron chi connectivity index (χ0n) is 6.53. The zero-order chi connectivity index (χ0) is 8.39. The maximum Gasteiger partial charge on any atom is 0.126 e. The summed E-state index contributed by atoms with van der Waals surface area (Å²) in [6.45, 7) is 3.71. The van der Waals surface area contributed by atoms with E-state index in [1.807, 2.05) is 12.3 Å². The molecule has 0 saturated heterocycles. The Bertz CT molecular complexity index is 406. The van der Waals surface area contributed by atoms with Crippen molar-refractivity contribution in [1.82, 2.24) is 9.97 Å². The van der Waals surface area contributed by atoms with Gasteiger partial charge in [0.05, 0.1) is 0 Å². The molecule has 2 aromatic rings. The van der Waals surface area contributed by atoms with Crippen LogP contribution in [0.15, 0.2) is 30.6 Å².